The van der Waals surface area contributed by atoms with Crippen molar-refractivity contribution in [3.63, 3.8) is 0 Å². The van der Waals surface area contributed by atoms with Gasteiger partial charge in [-0.25, -0.2) is 9.80 Å². The fourth-order valence-electron chi connectivity index (χ4n) is 1.33. The van der Waals surface area contributed by atoms with E-state index < -0.39 is 0 Å². The molecule has 1 heterocycles. The topological polar surface area (TPSA) is 35.9 Å². The van der Waals surface area contributed by atoms with Gasteiger partial charge < -0.3 is 4.90 Å². The van der Waals surface area contributed by atoms with Gasteiger partial charge in [0.15, 0.2) is 0 Å². The summed E-state index contributed by atoms with van der Waals surface area (Å²) in [6.45, 7) is 8.10. The van der Waals surface area contributed by atoms with Gasteiger partial charge in [0.2, 0.25) is 0 Å². The normalized spacial score (nSPS) is 17.8. The smallest absolute Gasteiger partial charge is 0.318 e. The molecule has 1 aliphatic heterocycles. The monoisotopic (exact) mass is 183 g/mol. The molecule has 74 valence electrons. The third-order valence-corrected chi connectivity index (χ3v) is 2.22. The molecule has 0 saturated heterocycles. The lowest BCUT2D eigenvalue weighted by atomic mass is 10.2. The van der Waals surface area contributed by atoms with Gasteiger partial charge in [0, 0.05) is 13.1 Å². The highest BCUT2D eigenvalue weighted by atomic mass is 16.2. The molecule has 0 aromatic carbocycles. The molecule has 0 aromatic heterocycles. The lowest BCUT2D eigenvalue weighted by Crippen LogP contribution is -2.47. The van der Waals surface area contributed by atoms with Crippen LogP contribution in [0.2, 0.25) is 0 Å². The van der Waals surface area contributed by atoms with E-state index in [0.717, 1.165) is 18.7 Å². The molecule has 4 nitrogen and oxygen atoms in total. The first-order valence-electron chi connectivity index (χ1n) is 4.85. The van der Waals surface area contributed by atoms with Crippen LogP contribution in [-0.2, 0) is 0 Å². The number of nitrogens with zero attached hydrogens (tertiary/aromatic N) is 3. The Balaban J connectivity index is 2.79. The van der Waals surface area contributed by atoms with Gasteiger partial charge in [-0.2, -0.15) is 5.10 Å². The minimum atomic E-state index is 0.0298. The Labute approximate surface area is 79.2 Å². The highest BCUT2D eigenvalue weighted by Gasteiger charge is 2.24. The van der Waals surface area contributed by atoms with E-state index in [1.807, 2.05) is 18.7 Å². The van der Waals surface area contributed by atoms with Crippen LogP contribution in [-0.4, -0.2) is 41.3 Å². The van der Waals surface area contributed by atoms with Gasteiger partial charge >= 0.3 is 6.03 Å². The third kappa shape index (κ3) is 1.99. The molecule has 0 fully saturated rings. The molecule has 1 rings (SSSR count). The number of rotatable bonds is 3. The lowest BCUT2D eigenvalue weighted by Gasteiger charge is -2.31. The summed E-state index contributed by atoms with van der Waals surface area (Å²) in [7, 11) is 0. The number of carbonyl (C=O) groups excluding carboxylic acids is 1. The van der Waals surface area contributed by atoms with Crippen molar-refractivity contribution in [2.24, 2.45) is 5.10 Å². The second-order valence-electron chi connectivity index (χ2n) is 3.03. The van der Waals surface area contributed by atoms with Crippen molar-refractivity contribution < 1.29 is 4.79 Å². The maximum absolute atomic E-state index is 11.6. The number of hydrogen-bond acceptors (Lipinski definition) is 2. The summed E-state index contributed by atoms with van der Waals surface area (Å²) in [5.41, 5.74) is 1.09. The summed E-state index contributed by atoms with van der Waals surface area (Å²) >= 11 is 0. The molecule has 0 aromatic rings. The maximum atomic E-state index is 11.6. The molecule has 13 heavy (non-hydrogen) atoms. The van der Waals surface area contributed by atoms with Crippen molar-refractivity contribution in [3.8, 4) is 0 Å². The van der Waals surface area contributed by atoms with E-state index in [2.05, 4.69) is 12.0 Å². The van der Waals surface area contributed by atoms with Gasteiger partial charge in [-0.15, -0.1) is 0 Å². The fraction of sp³-hybridized carbons (Fsp3) is 0.778. The molecule has 0 radical (unpaired) electrons. The summed E-state index contributed by atoms with van der Waals surface area (Å²) < 4.78 is 0. The highest BCUT2D eigenvalue weighted by molar-refractivity contribution is 5.93. The molecule has 0 N–H and O–H groups in total. The van der Waals surface area contributed by atoms with E-state index >= 15 is 0 Å². The Bertz CT molecular complexity index is 225. The lowest BCUT2D eigenvalue weighted by molar-refractivity contribution is 0.158. The van der Waals surface area contributed by atoms with E-state index in [0.29, 0.717) is 13.1 Å². The fourth-order valence-corrected chi connectivity index (χ4v) is 1.33. The summed E-state index contributed by atoms with van der Waals surface area (Å²) in [5.74, 6) is 0. The molecule has 1 aliphatic rings. The Morgan fingerprint density at radius 2 is 2.00 bits per heavy atom. The number of amides is 2. The standard InChI is InChI=1S/C9H17N3O/c1-4-8-7-11(5-2)9(13)12(6-3)10-8/h4-7H2,1-3H3. The van der Waals surface area contributed by atoms with Crippen molar-refractivity contribution in [2.75, 3.05) is 19.6 Å². The second-order valence-corrected chi connectivity index (χ2v) is 3.03. The first kappa shape index (κ1) is 10.0. The minimum Gasteiger partial charge on any atom is -0.318 e. The summed E-state index contributed by atoms with van der Waals surface area (Å²) in [5, 5.41) is 5.79. The Morgan fingerprint density at radius 3 is 2.46 bits per heavy atom. The first-order chi connectivity index (χ1) is 6.22. The zero-order chi connectivity index (χ0) is 9.84. The van der Waals surface area contributed by atoms with Crippen LogP contribution in [0.5, 0.6) is 0 Å². The average molecular weight is 183 g/mol. The zero-order valence-electron chi connectivity index (χ0n) is 8.58. The van der Waals surface area contributed by atoms with E-state index in [-0.39, 0.29) is 6.03 Å². The van der Waals surface area contributed by atoms with Crippen LogP contribution >= 0.6 is 0 Å². The molecule has 0 atom stereocenters. The van der Waals surface area contributed by atoms with Crippen molar-refractivity contribution in [2.45, 2.75) is 27.2 Å². The van der Waals surface area contributed by atoms with E-state index in [1.165, 1.54) is 5.01 Å². The van der Waals surface area contributed by atoms with E-state index in [1.54, 1.807) is 0 Å². The predicted molar refractivity (Wildman–Crippen MR) is 52.7 cm³/mol. The van der Waals surface area contributed by atoms with Crippen LogP contribution in [0.3, 0.4) is 0 Å². The molecule has 0 spiro atoms. The molecule has 2 amide bonds. The molecule has 0 saturated carbocycles. The van der Waals surface area contributed by atoms with Crippen molar-refractivity contribution in [1.29, 1.82) is 0 Å². The summed E-state index contributed by atoms with van der Waals surface area (Å²) in [4.78, 5) is 13.4. The highest BCUT2D eigenvalue weighted by Crippen LogP contribution is 2.08. The molecular weight excluding hydrogens is 166 g/mol. The predicted octanol–water partition coefficient (Wildman–Crippen LogP) is 1.53. The maximum Gasteiger partial charge on any atom is 0.340 e. The van der Waals surface area contributed by atoms with Gasteiger partial charge in [0.1, 0.15) is 0 Å². The van der Waals surface area contributed by atoms with E-state index in [9.17, 15) is 4.79 Å². The molecule has 4 heteroatoms. The van der Waals surface area contributed by atoms with Gasteiger partial charge in [-0.3, -0.25) is 0 Å². The van der Waals surface area contributed by atoms with Gasteiger partial charge in [0.05, 0.1) is 12.3 Å². The number of hydrogen-bond donors (Lipinski definition) is 0. The SMILES string of the molecule is CCC1=NN(CC)C(=O)N(CC)C1. The van der Waals surface area contributed by atoms with Crippen LogP contribution in [0.15, 0.2) is 5.10 Å². The molecular formula is C9H17N3O. The Morgan fingerprint density at radius 1 is 1.31 bits per heavy atom. The number of hydrazone groups is 1. The van der Waals surface area contributed by atoms with Crippen LogP contribution < -0.4 is 0 Å². The summed E-state index contributed by atoms with van der Waals surface area (Å²) in [6, 6.07) is 0.0298. The molecule has 0 aliphatic carbocycles. The largest absolute Gasteiger partial charge is 0.340 e. The van der Waals surface area contributed by atoms with Crippen LogP contribution in [0, 0.1) is 0 Å². The van der Waals surface area contributed by atoms with Crippen LogP contribution in [0.4, 0.5) is 4.79 Å². The minimum absolute atomic E-state index is 0.0298. The second kappa shape index (κ2) is 4.25. The zero-order valence-corrected chi connectivity index (χ0v) is 8.58. The number of carbonyl (C=O) groups is 1. The molecule has 0 bridgehead atoms. The van der Waals surface area contributed by atoms with Crippen molar-refractivity contribution in [3.05, 3.63) is 0 Å². The van der Waals surface area contributed by atoms with Crippen LogP contribution in [0.1, 0.15) is 27.2 Å². The van der Waals surface area contributed by atoms with Crippen molar-refractivity contribution in [1.82, 2.24) is 9.91 Å². The van der Waals surface area contributed by atoms with Gasteiger partial charge in [-0.05, 0) is 20.3 Å². The third-order valence-electron chi connectivity index (χ3n) is 2.22. The first-order valence-corrected chi connectivity index (χ1v) is 4.85. The van der Waals surface area contributed by atoms with Crippen molar-refractivity contribution >= 4 is 11.7 Å². The summed E-state index contributed by atoms with van der Waals surface area (Å²) in [6.07, 6.45) is 0.917. The quantitative estimate of drug-likeness (QED) is 0.653. The van der Waals surface area contributed by atoms with Crippen LogP contribution in [0.25, 0.3) is 0 Å². The van der Waals surface area contributed by atoms with E-state index in [4.69, 9.17) is 0 Å². The van der Waals surface area contributed by atoms with Gasteiger partial charge in [0.25, 0.3) is 0 Å². The average Bonchev–Trinajstić information content (AvgIpc) is 2.18. The van der Waals surface area contributed by atoms with Gasteiger partial charge in [-0.1, -0.05) is 6.92 Å². The molecule has 0 unspecified atom stereocenters. The Hall–Kier alpha value is -1.06. The number of urea groups is 1. The Kier molecular flexibility index (Phi) is 3.28.